The van der Waals surface area contributed by atoms with E-state index < -0.39 is 11.9 Å². The van der Waals surface area contributed by atoms with Crippen LogP contribution in [0.4, 0.5) is 0 Å². The number of phenolic OH excluding ortho intramolecular Hbond substituents is 1. The molecule has 0 aromatic heterocycles. The number of rotatable bonds is 9. The SMILES string of the molecule is COc1cc(C/C(C(=O)O)=C(/Cc2ccc(OC)c(OC)c2)C(=O)O)ccc1O. The van der Waals surface area contributed by atoms with Crippen LogP contribution < -0.4 is 14.2 Å². The van der Waals surface area contributed by atoms with Gasteiger partial charge in [0, 0.05) is 12.8 Å². The van der Waals surface area contributed by atoms with Gasteiger partial charge in [-0.1, -0.05) is 12.1 Å². The fourth-order valence-corrected chi connectivity index (χ4v) is 2.85. The van der Waals surface area contributed by atoms with E-state index in [1.54, 1.807) is 18.2 Å². The third-order valence-electron chi connectivity index (χ3n) is 4.33. The molecule has 0 aliphatic carbocycles. The van der Waals surface area contributed by atoms with Gasteiger partial charge in [-0.3, -0.25) is 0 Å². The van der Waals surface area contributed by atoms with Crippen molar-refractivity contribution >= 4 is 11.9 Å². The van der Waals surface area contributed by atoms with Crippen molar-refractivity contribution in [1.82, 2.24) is 0 Å². The lowest BCUT2D eigenvalue weighted by Crippen LogP contribution is -2.15. The van der Waals surface area contributed by atoms with E-state index in [-0.39, 0.29) is 35.5 Å². The van der Waals surface area contributed by atoms with E-state index in [0.29, 0.717) is 22.6 Å². The lowest BCUT2D eigenvalue weighted by molar-refractivity contribution is -0.136. The minimum atomic E-state index is -1.34. The third kappa shape index (κ3) is 5.19. The summed E-state index contributed by atoms with van der Waals surface area (Å²) in [5.74, 6) is -1.70. The Kier molecular flexibility index (Phi) is 7.08. The summed E-state index contributed by atoms with van der Waals surface area (Å²) in [5.41, 5.74) is 0.530. The van der Waals surface area contributed by atoms with E-state index in [0.717, 1.165) is 0 Å². The lowest BCUT2D eigenvalue weighted by Gasteiger charge is -2.13. The van der Waals surface area contributed by atoms with Crippen molar-refractivity contribution in [3.8, 4) is 23.0 Å². The second-order valence-corrected chi connectivity index (χ2v) is 6.12. The van der Waals surface area contributed by atoms with Gasteiger partial charge in [0.05, 0.1) is 32.5 Å². The van der Waals surface area contributed by atoms with Crippen LogP contribution in [0.5, 0.6) is 23.0 Å². The zero-order valence-electron chi connectivity index (χ0n) is 16.3. The summed E-state index contributed by atoms with van der Waals surface area (Å²) in [4.78, 5) is 23.7. The zero-order chi connectivity index (χ0) is 21.6. The van der Waals surface area contributed by atoms with Crippen molar-refractivity contribution in [2.24, 2.45) is 0 Å². The summed E-state index contributed by atoms with van der Waals surface area (Å²) in [6.45, 7) is 0. The highest BCUT2D eigenvalue weighted by molar-refractivity contribution is 5.99. The Balaban J connectivity index is 2.46. The number of carboxylic acid groups (broad SMARTS) is 2. The standard InChI is InChI=1S/C21H22O8/c1-27-17-7-5-13(11-19(17)29-3)9-15(21(25)26)14(20(23)24)8-12-4-6-16(22)18(10-12)28-2/h4-7,10-11,22H,8-9H2,1-3H3,(H,23,24)(H,25,26)/b15-14+. The van der Waals surface area contributed by atoms with E-state index in [9.17, 15) is 24.9 Å². The number of phenols is 1. The maximum absolute atomic E-state index is 11.9. The Morgan fingerprint density at radius 1 is 0.724 bits per heavy atom. The summed E-state index contributed by atoms with van der Waals surface area (Å²) < 4.78 is 15.4. The molecule has 2 rings (SSSR count). The predicted octanol–water partition coefficient (Wildman–Crippen LogP) is 2.67. The highest BCUT2D eigenvalue weighted by Gasteiger charge is 2.22. The van der Waals surface area contributed by atoms with Crippen LogP contribution in [-0.2, 0) is 22.4 Å². The van der Waals surface area contributed by atoms with Gasteiger partial charge in [-0.05, 0) is 35.4 Å². The van der Waals surface area contributed by atoms with Gasteiger partial charge in [0.25, 0.3) is 0 Å². The van der Waals surface area contributed by atoms with Crippen LogP contribution in [0.15, 0.2) is 47.5 Å². The average Bonchev–Trinajstić information content (AvgIpc) is 2.71. The van der Waals surface area contributed by atoms with Gasteiger partial charge in [0.2, 0.25) is 0 Å². The van der Waals surface area contributed by atoms with E-state index in [1.165, 1.54) is 39.5 Å². The van der Waals surface area contributed by atoms with E-state index in [1.807, 2.05) is 0 Å². The molecule has 3 N–H and O–H groups in total. The van der Waals surface area contributed by atoms with Crippen LogP contribution in [0.3, 0.4) is 0 Å². The van der Waals surface area contributed by atoms with Crippen molar-refractivity contribution in [1.29, 1.82) is 0 Å². The molecule has 8 nitrogen and oxygen atoms in total. The Morgan fingerprint density at radius 3 is 1.62 bits per heavy atom. The zero-order valence-corrected chi connectivity index (χ0v) is 16.3. The number of ether oxygens (including phenoxy) is 3. The van der Waals surface area contributed by atoms with Gasteiger partial charge in [-0.15, -0.1) is 0 Å². The van der Waals surface area contributed by atoms with E-state index in [4.69, 9.17) is 14.2 Å². The van der Waals surface area contributed by atoms with Gasteiger partial charge in [-0.25, -0.2) is 9.59 Å². The van der Waals surface area contributed by atoms with Gasteiger partial charge in [-0.2, -0.15) is 0 Å². The first-order chi connectivity index (χ1) is 13.8. The predicted molar refractivity (Wildman–Crippen MR) is 104 cm³/mol. The van der Waals surface area contributed by atoms with Crippen molar-refractivity contribution in [2.75, 3.05) is 21.3 Å². The van der Waals surface area contributed by atoms with Crippen molar-refractivity contribution in [3.63, 3.8) is 0 Å². The molecule has 0 fully saturated rings. The van der Waals surface area contributed by atoms with Gasteiger partial charge in [0.15, 0.2) is 23.0 Å². The molecule has 0 spiro atoms. The van der Waals surface area contributed by atoms with Crippen LogP contribution in [0.25, 0.3) is 0 Å². The maximum Gasteiger partial charge on any atom is 0.332 e. The van der Waals surface area contributed by atoms with E-state index >= 15 is 0 Å². The second-order valence-electron chi connectivity index (χ2n) is 6.12. The van der Waals surface area contributed by atoms with Crippen molar-refractivity contribution in [3.05, 3.63) is 58.7 Å². The first-order valence-corrected chi connectivity index (χ1v) is 8.56. The summed E-state index contributed by atoms with van der Waals surface area (Å²) in [6, 6.07) is 9.21. The average molecular weight is 402 g/mol. The van der Waals surface area contributed by atoms with Gasteiger partial charge >= 0.3 is 11.9 Å². The molecule has 0 radical (unpaired) electrons. The topological polar surface area (TPSA) is 123 Å². The minimum absolute atomic E-state index is 0.0964. The Labute approximate surface area is 167 Å². The molecule has 0 saturated heterocycles. The molecule has 154 valence electrons. The quantitative estimate of drug-likeness (QED) is 0.547. The monoisotopic (exact) mass is 402 g/mol. The third-order valence-corrected chi connectivity index (χ3v) is 4.33. The highest BCUT2D eigenvalue weighted by atomic mass is 16.5. The molecule has 0 saturated carbocycles. The molecule has 0 bridgehead atoms. The fraction of sp³-hybridized carbons (Fsp3) is 0.238. The number of hydrogen-bond donors (Lipinski definition) is 3. The van der Waals surface area contributed by atoms with Crippen LogP contribution in [-0.4, -0.2) is 48.6 Å². The Bertz CT molecular complexity index is 946. The smallest absolute Gasteiger partial charge is 0.332 e. The summed E-state index contributed by atoms with van der Waals surface area (Å²) in [7, 11) is 4.30. The molecule has 0 aliphatic heterocycles. The Hall–Kier alpha value is -3.68. The molecular formula is C21H22O8. The molecule has 2 aromatic rings. The van der Waals surface area contributed by atoms with Crippen molar-refractivity contribution < 1.29 is 39.1 Å². The van der Waals surface area contributed by atoms with Crippen LogP contribution >= 0.6 is 0 Å². The second kappa shape index (κ2) is 9.50. The van der Waals surface area contributed by atoms with Gasteiger partial charge in [0.1, 0.15) is 0 Å². The molecular weight excluding hydrogens is 380 g/mol. The number of carbonyl (C=O) groups is 2. The van der Waals surface area contributed by atoms with E-state index in [2.05, 4.69) is 0 Å². The number of hydrogen-bond acceptors (Lipinski definition) is 6. The highest BCUT2D eigenvalue weighted by Crippen LogP contribution is 2.30. The molecule has 0 heterocycles. The summed E-state index contributed by atoms with van der Waals surface area (Å²) in [6.07, 6.45) is -0.270. The first-order valence-electron chi connectivity index (χ1n) is 8.56. The Morgan fingerprint density at radius 2 is 1.17 bits per heavy atom. The van der Waals surface area contributed by atoms with Crippen LogP contribution in [0, 0.1) is 0 Å². The molecule has 0 unspecified atom stereocenters. The molecule has 2 aromatic carbocycles. The summed E-state index contributed by atoms with van der Waals surface area (Å²) >= 11 is 0. The van der Waals surface area contributed by atoms with Gasteiger partial charge < -0.3 is 29.5 Å². The lowest BCUT2D eigenvalue weighted by atomic mass is 9.95. The molecule has 29 heavy (non-hydrogen) atoms. The fourth-order valence-electron chi connectivity index (χ4n) is 2.85. The van der Waals surface area contributed by atoms with Crippen LogP contribution in [0.2, 0.25) is 0 Å². The first kappa shape index (κ1) is 21.6. The van der Waals surface area contributed by atoms with Crippen molar-refractivity contribution in [2.45, 2.75) is 12.8 Å². The molecule has 8 heteroatoms. The number of carboxylic acids is 2. The number of methoxy groups -OCH3 is 3. The minimum Gasteiger partial charge on any atom is -0.504 e. The number of aliphatic carboxylic acids is 2. The van der Waals surface area contributed by atoms with Crippen LogP contribution in [0.1, 0.15) is 11.1 Å². The number of aromatic hydroxyl groups is 1. The normalized spacial score (nSPS) is 11.4. The number of benzene rings is 2. The molecule has 0 amide bonds. The largest absolute Gasteiger partial charge is 0.504 e. The molecule has 0 aliphatic rings. The summed E-state index contributed by atoms with van der Waals surface area (Å²) in [5, 5.41) is 29.0. The maximum atomic E-state index is 11.9. The molecule has 0 atom stereocenters.